The summed E-state index contributed by atoms with van der Waals surface area (Å²) >= 11 is 0. The number of rotatable bonds is 26. The van der Waals surface area contributed by atoms with E-state index in [9.17, 15) is 14.4 Å². The lowest BCUT2D eigenvalue weighted by atomic mass is 10.0. The van der Waals surface area contributed by atoms with Crippen molar-refractivity contribution in [2.24, 2.45) is 0 Å². The molecule has 1 rings (SSSR count). The van der Waals surface area contributed by atoms with Gasteiger partial charge in [0.1, 0.15) is 5.75 Å². The van der Waals surface area contributed by atoms with Crippen molar-refractivity contribution in [3.05, 3.63) is 34.5 Å². The standard InChI is InChI=1S/C35H58O5/c1-3-5-7-9-11-13-14-15-16-18-20-21-23-25-34(37)39-31-27-29-32(36)33(30-28-31)40-35(38)26-24-22-19-17-12-10-8-6-4-2/h27-30H,3-26H2,1-2H3. The van der Waals surface area contributed by atoms with E-state index in [1.165, 1.54) is 127 Å². The van der Waals surface area contributed by atoms with E-state index in [2.05, 4.69) is 13.8 Å². The summed E-state index contributed by atoms with van der Waals surface area (Å²) in [5.41, 5.74) is -0.403. The molecule has 5 heteroatoms. The molecule has 0 bridgehead atoms. The van der Waals surface area contributed by atoms with Gasteiger partial charge in [-0.15, -0.1) is 0 Å². The zero-order chi connectivity index (χ0) is 29.1. The second-order valence-corrected chi connectivity index (χ2v) is 11.3. The number of ether oxygens (including phenoxy) is 2. The first kappa shape index (κ1) is 35.9. The van der Waals surface area contributed by atoms with Gasteiger partial charge in [-0.1, -0.05) is 142 Å². The van der Waals surface area contributed by atoms with Crippen LogP contribution >= 0.6 is 0 Å². The maximum absolute atomic E-state index is 12.3. The highest BCUT2D eigenvalue weighted by Gasteiger charge is 2.09. The molecule has 0 heterocycles. The van der Waals surface area contributed by atoms with Gasteiger partial charge in [0, 0.05) is 12.8 Å². The fourth-order valence-corrected chi connectivity index (χ4v) is 4.91. The molecule has 0 radical (unpaired) electrons. The van der Waals surface area contributed by atoms with E-state index in [0.29, 0.717) is 12.8 Å². The van der Waals surface area contributed by atoms with Crippen molar-refractivity contribution in [1.82, 2.24) is 0 Å². The maximum Gasteiger partial charge on any atom is 0.311 e. The summed E-state index contributed by atoms with van der Waals surface area (Å²) in [6, 6.07) is 5.69. The van der Waals surface area contributed by atoms with Crippen LogP contribution in [0.2, 0.25) is 0 Å². The third-order valence-electron chi connectivity index (χ3n) is 7.47. The van der Waals surface area contributed by atoms with Crippen molar-refractivity contribution in [2.45, 2.75) is 168 Å². The fraction of sp³-hybridized carbons (Fsp3) is 0.743. The summed E-state index contributed by atoms with van der Waals surface area (Å²) in [6.07, 6.45) is 27.6. The maximum atomic E-state index is 12.3. The van der Waals surface area contributed by atoms with Gasteiger partial charge in [-0.25, -0.2) is 0 Å². The van der Waals surface area contributed by atoms with E-state index in [4.69, 9.17) is 9.47 Å². The topological polar surface area (TPSA) is 69.7 Å². The molecule has 0 N–H and O–H groups in total. The van der Waals surface area contributed by atoms with E-state index in [0.717, 1.165) is 38.5 Å². The Hall–Kier alpha value is -2.17. The number of carbonyl (C=O) groups is 2. The van der Waals surface area contributed by atoms with Crippen LogP contribution in [0.1, 0.15) is 168 Å². The monoisotopic (exact) mass is 558 g/mol. The van der Waals surface area contributed by atoms with E-state index < -0.39 is 11.4 Å². The van der Waals surface area contributed by atoms with Crippen molar-refractivity contribution >= 4 is 11.9 Å². The van der Waals surface area contributed by atoms with E-state index in [1.807, 2.05) is 0 Å². The van der Waals surface area contributed by atoms with Gasteiger partial charge in [0.05, 0.1) is 0 Å². The Kier molecular flexibility index (Phi) is 23.1. The van der Waals surface area contributed by atoms with Crippen LogP contribution in [0, 0.1) is 0 Å². The average molecular weight is 559 g/mol. The summed E-state index contributed by atoms with van der Waals surface area (Å²) in [6.45, 7) is 4.48. The first-order valence-electron chi connectivity index (χ1n) is 16.6. The van der Waals surface area contributed by atoms with E-state index >= 15 is 0 Å². The minimum absolute atomic E-state index is 0.0280. The molecule has 0 unspecified atom stereocenters. The first-order chi connectivity index (χ1) is 19.6. The lowest BCUT2D eigenvalue weighted by Gasteiger charge is -2.04. The quantitative estimate of drug-likeness (QED) is 0.0835. The van der Waals surface area contributed by atoms with Crippen molar-refractivity contribution in [3.63, 3.8) is 0 Å². The van der Waals surface area contributed by atoms with Gasteiger partial charge in [0.2, 0.25) is 5.43 Å². The Balaban J connectivity index is 2.16. The molecule has 0 aliphatic carbocycles. The van der Waals surface area contributed by atoms with Crippen LogP contribution in [0.4, 0.5) is 0 Å². The SMILES string of the molecule is CCCCCCCCCCCCCCCC(=O)Oc1ccc(OC(=O)CCCCCCCCCCC)c(=O)cc1. The molecule has 0 atom stereocenters. The highest BCUT2D eigenvalue weighted by molar-refractivity contribution is 5.73. The second kappa shape index (κ2) is 25.8. The van der Waals surface area contributed by atoms with Crippen molar-refractivity contribution < 1.29 is 19.1 Å². The minimum Gasteiger partial charge on any atom is -0.427 e. The third kappa shape index (κ3) is 20.7. The molecule has 0 aliphatic rings. The lowest BCUT2D eigenvalue weighted by Crippen LogP contribution is -2.12. The molecule has 0 saturated heterocycles. The Morgan fingerprint density at radius 3 is 1.25 bits per heavy atom. The van der Waals surface area contributed by atoms with Gasteiger partial charge in [-0.3, -0.25) is 14.4 Å². The molecular formula is C35H58O5. The first-order valence-corrected chi connectivity index (χ1v) is 16.6. The lowest BCUT2D eigenvalue weighted by molar-refractivity contribution is -0.135. The molecule has 0 aromatic heterocycles. The van der Waals surface area contributed by atoms with Crippen LogP contribution in [0.5, 0.6) is 11.5 Å². The number of hydrogen-bond donors (Lipinski definition) is 0. The van der Waals surface area contributed by atoms with E-state index in [-0.39, 0.29) is 17.5 Å². The van der Waals surface area contributed by atoms with Gasteiger partial charge in [0.15, 0.2) is 5.75 Å². The number of hydrogen-bond acceptors (Lipinski definition) is 5. The fourth-order valence-electron chi connectivity index (χ4n) is 4.91. The Bertz CT molecular complexity index is 835. The smallest absolute Gasteiger partial charge is 0.311 e. The summed E-state index contributed by atoms with van der Waals surface area (Å²) in [5, 5.41) is 0. The van der Waals surface area contributed by atoms with Gasteiger partial charge in [0.25, 0.3) is 0 Å². The molecule has 228 valence electrons. The van der Waals surface area contributed by atoms with Crippen LogP contribution in [-0.2, 0) is 9.59 Å². The normalized spacial score (nSPS) is 10.9. The molecular weight excluding hydrogens is 500 g/mol. The van der Waals surface area contributed by atoms with Crippen LogP contribution in [0.3, 0.4) is 0 Å². The van der Waals surface area contributed by atoms with Gasteiger partial charge in [-0.2, -0.15) is 0 Å². The summed E-state index contributed by atoms with van der Waals surface area (Å²) in [7, 11) is 0. The minimum atomic E-state index is -0.403. The highest BCUT2D eigenvalue weighted by atomic mass is 16.5. The van der Waals surface area contributed by atoms with Crippen LogP contribution in [0.25, 0.3) is 0 Å². The van der Waals surface area contributed by atoms with Gasteiger partial charge in [-0.05, 0) is 37.1 Å². The number of esters is 2. The zero-order valence-electron chi connectivity index (χ0n) is 25.8. The number of carbonyl (C=O) groups excluding carboxylic acids is 2. The van der Waals surface area contributed by atoms with E-state index in [1.54, 1.807) is 0 Å². The van der Waals surface area contributed by atoms with Crippen LogP contribution < -0.4 is 14.9 Å². The zero-order valence-corrected chi connectivity index (χ0v) is 25.8. The Morgan fingerprint density at radius 2 is 0.825 bits per heavy atom. The summed E-state index contributed by atoms with van der Waals surface area (Å²) in [4.78, 5) is 36.7. The highest BCUT2D eigenvalue weighted by Crippen LogP contribution is 2.16. The molecule has 40 heavy (non-hydrogen) atoms. The molecule has 1 aromatic carbocycles. The third-order valence-corrected chi connectivity index (χ3v) is 7.47. The largest absolute Gasteiger partial charge is 0.427 e. The summed E-state index contributed by atoms with van der Waals surface area (Å²) < 4.78 is 10.7. The molecule has 1 aromatic rings. The molecule has 0 amide bonds. The molecule has 0 saturated carbocycles. The van der Waals surface area contributed by atoms with Crippen molar-refractivity contribution in [3.8, 4) is 11.5 Å². The number of unbranched alkanes of at least 4 members (excludes halogenated alkanes) is 20. The van der Waals surface area contributed by atoms with Crippen molar-refractivity contribution in [1.29, 1.82) is 0 Å². The average Bonchev–Trinajstić information content (AvgIpc) is 3.11. The van der Waals surface area contributed by atoms with Crippen LogP contribution in [-0.4, -0.2) is 11.9 Å². The molecule has 0 fully saturated rings. The van der Waals surface area contributed by atoms with Crippen molar-refractivity contribution in [2.75, 3.05) is 0 Å². The van der Waals surface area contributed by atoms with Gasteiger partial charge >= 0.3 is 11.9 Å². The predicted octanol–water partition coefficient (Wildman–Crippen LogP) is 10.3. The van der Waals surface area contributed by atoms with Gasteiger partial charge < -0.3 is 9.47 Å². The molecule has 0 spiro atoms. The van der Waals surface area contributed by atoms with Crippen LogP contribution in [0.15, 0.2) is 29.1 Å². The predicted molar refractivity (Wildman–Crippen MR) is 166 cm³/mol. The summed E-state index contributed by atoms with van der Waals surface area (Å²) in [5.74, 6) is -0.435. The Labute approximate surface area is 244 Å². The molecule has 0 aliphatic heterocycles. The molecule has 5 nitrogen and oxygen atoms in total. The second-order valence-electron chi connectivity index (χ2n) is 11.3. The Morgan fingerprint density at radius 1 is 0.475 bits per heavy atom.